The molecule has 2 aliphatic rings. The van der Waals surface area contributed by atoms with Crippen LogP contribution in [-0.4, -0.2) is 55.2 Å². The Morgan fingerprint density at radius 1 is 1.50 bits per heavy atom. The van der Waals surface area contributed by atoms with Gasteiger partial charge in [0.1, 0.15) is 0 Å². The van der Waals surface area contributed by atoms with Crippen LogP contribution in [0, 0.1) is 0 Å². The average molecular weight is 173 g/mol. The fourth-order valence-corrected chi connectivity index (χ4v) is 2.00. The third-order valence-corrected chi connectivity index (χ3v) is 2.68. The summed E-state index contributed by atoms with van der Waals surface area (Å²) in [7, 11) is 1.99. The highest BCUT2D eigenvalue weighted by atomic mass is 16.7. The van der Waals surface area contributed by atoms with Crippen molar-refractivity contribution in [2.24, 2.45) is 0 Å². The van der Waals surface area contributed by atoms with Crippen LogP contribution in [-0.2, 0) is 9.47 Å². The van der Waals surface area contributed by atoms with Crippen LogP contribution in [0.4, 0.5) is 0 Å². The van der Waals surface area contributed by atoms with Gasteiger partial charge in [0.05, 0.1) is 26.4 Å². The zero-order valence-electron chi connectivity index (χ0n) is 7.32. The van der Waals surface area contributed by atoms with Crippen molar-refractivity contribution in [1.82, 2.24) is 4.90 Å². The average Bonchev–Trinajstić information content (AvgIpc) is 2.60. The van der Waals surface area contributed by atoms with E-state index in [9.17, 15) is 0 Å². The summed E-state index contributed by atoms with van der Waals surface area (Å²) >= 11 is 0. The lowest BCUT2D eigenvalue weighted by Crippen LogP contribution is -2.33. The molecule has 70 valence electrons. The molecule has 1 atom stereocenters. The highest BCUT2D eigenvalue weighted by Crippen LogP contribution is 2.33. The second-order valence-corrected chi connectivity index (χ2v) is 3.56. The Labute approximate surface area is 72.1 Å². The van der Waals surface area contributed by atoms with Gasteiger partial charge in [-0.1, -0.05) is 0 Å². The van der Waals surface area contributed by atoms with Crippen molar-refractivity contribution >= 4 is 0 Å². The number of aliphatic hydroxyl groups is 1. The molecule has 0 aromatic carbocycles. The largest absolute Gasteiger partial charge is 0.395 e. The van der Waals surface area contributed by atoms with E-state index in [1.807, 2.05) is 7.05 Å². The van der Waals surface area contributed by atoms with Crippen molar-refractivity contribution in [1.29, 1.82) is 0 Å². The maximum atomic E-state index is 9.03. The van der Waals surface area contributed by atoms with Gasteiger partial charge in [0.25, 0.3) is 0 Å². The van der Waals surface area contributed by atoms with Gasteiger partial charge in [-0.15, -0.1) is 0 Å². The molecule has 0 aromatic heterocycles. The zero-order valence-corrected chi connectivity index (χ0v) is 7.32. The van der Waals surface area contributed by atoms with Crippen LogP contribution in [0.25, 0.3) is 0 Å². The molecular weight excluding hydrogens is 158 g/mol. The zero-order chi connectivity index (χ0) is 8.60. The smallest absolute Gasteiger partial charge is 0.182 e. The molecule has 2 fully saturated rings. The third-order valence-electron chi connectivity index (χ3n) is 2.68. The van der Waals surface area contributed by atoms with Crippen LogP contribution in [0.5, 0.6) is 0 Å². The van der Waals surface area contributed by atoms with Gasteiger partial charge in [0.2, 0.25) is 0 Å². The molecule has 0 saturated carbocycles. The van der Waals surface area contributed by atoms with Crippen LogP contribution in [0.3, 0.4) is 0 Å². The summed E-state index contributed by atoms with van der Waals surface area (Å²) < 4.78 is 11.1. The Morgan fingerprint density at radius 2 is 2.17 bits per heavy atom. The molecule has 0 aromatic rings. The Balaban J connectivity index is 2.03. The van der Waals surface area contributed by atoms with Gasteiger partial charge in [0, 0.05) is 12.5 Å². The number of aliphatic hydroxyl groups excluding tert-OH is 1. The summed E-state index contributed by atoms with van der Waals surface area (Å²) in [5, 5.41) is 9.03. The van der Waals surface area contributed by atoms with Gasteiger partial charge in [-0.25, -0.2) is 0 Å². The van der Waals surface area contributed by atoms with Crippen LogP contribution < -0.4 is 0 Å². The van der Waals surface area contributed by atoms with Crippen molar-refractivity contribution in [2.75, 3.05) is 33.4 Å². The lowest BCUT2D eigenvalue weighted by atomic mass is 10.2. The summed E-state index contributed by atoms with van der Waals surface area (Å²) in [5.74, 6) is -0.401. The van der Waals surface area contributed by atoms with Crippen molar-refractivity contribution in [3.05, 3.63) is 0 Å². The predicted octanol–water partition coefficient (Wildman–Crippen LogP) is -0.574. The van der Waals surface area contributed by atoms with Crippen LogP contribution in [0.1, 0.15) is 6.42 Å². The van der Waals surface area contributed by atoms with E-state index in [4.69, 9.17) is 14.6 Å². The molecule has 0 radical (unpaired) electrons. The first-order valence-electron chi connectivity index (χ1n) is 4.35. The number of ether oxygens (including phenoxy) is 2. The van der Waals surface area contributed by atoms with Crippen molar-refractivity contribution < 1.29 is 14.6 Å². The molecule has 2 saturated heterocycles. The number of rotatable bonds is 1. The van der Waals surface area contributed by atoms with Crippen LogP contribution in [0.15, 0.2) is 0 Å². The highest BCUT2D eigenvalue weighted by molar-refractivity contribution is 4.91. The first kappa shape index (κ1) is 8.44. The standard InChI is InChI=1S/C8H15NO3/c1-9-6-8(4-7(9)5-10)11-2-3-12-8/h7,10H,2-6H2,1H3. The second-order valence-electron chi connectivity index (χ2n) is 3.56. The molecule has 1 spiro atoms. The van der Waals surface area contributed by atoms with Crippen molar-refractivity contribution in [2.45, 2.75) is 18.2 Å². The van der Waals surface area contributed by atoms with Gasteiger partial charge in [-0.2, -0.15) is 0 Å². The normalized spacial score (nSPS) is 35.0. The molecule has 2 aliphatic heterocycles. The summed E-state index contributed by atoms with van der Waals surface area (Å²) in [5.41, 5.74) is 0. The first-order chi connectivity index (χ1) is 5.76. The van der Waals surface area contributed by atoms with Crippen LogP contribution in [0.2, 0.25) is 0 Å². The summed E-state index contributed by atoms with van der Waals surface area (Å²) in [6.45, 7) is 2.33. The molecule has 4 nitrogen and oxygen atoms in total. The van der Waals surface area contributed by atoms with E-state index in [0.717, 1.165) is 13.0 Å². The molecular formula is C8H15NO3. The minimum Gasteiger partial charge on any atom is -0.395 e. The van der Waals surface area contributed by atoms with E-state index in [1.165, 1.54) is 0 Å². The van der Waals surface area contributed by atoms with E-state index in [1.54, 1.807) is 0 Å². The van der Waals surface area contributed by atoms with E-state index >= 15 is 0 Å². The van der Waals surface area contributed by atoms with Crippen LogP contribution >= 0.6 is 0 Å². The Morgan fingerprint density at radius 3 is 2.67 bits per heavy atom. The lowest BCUT2D eigenvalue weighted by molar-refractivity contribution is -0.145. The number of nitrogens with zero attached hydrogens (tertiary/aromatic N) is 1. The topological polar surface area (TPSA) is 41.9 Å². The van der Waals surface area contributed by atoms with Gasteiger partial charge in [-0.05, 0) is 7.05 Å². The molecule has 2 rings (SSSR count). The summed E-state index contributed by atoms with van der Waals surface area (Å²) in [6.07, 6.45) is 0.792. The minimum absolute atomic E-state index is 0.185. The molecule has 0 bridgehead atoms. The maximum absolute atomic E-state index is 9.03. The van der Waals surface area contributed by atoms with Gasteiger partial charge in [-0.3, -0.25) is 4.90 Å². The minimum atomic E-state index is -0.401. The van der Waals surface area contributed by atoms with E-state index < -0.39 is 5.79 Å². The maximum Gasteiger partial charge on any atom is 0.182 e. The molecule has 1 unspecified atom stereocenters. The van der Waals surface area contributed by atoms with Crippen molar-refractivity contribution in [3.63, 3.8) is 0 Å². The van der Waals surface area contributed by atoms with E-state index in [0.29, 0.717) is 13.2 Å². The quantitative estimate of drug-likeness (QED) is 0.576. The first-order valence-corrected chi connectivity index (χ1v) is 4.35. The fourth-order valence-electron chi connectivity index (χ4n) is 2.00. The number of likely N-dealkylation sites (N-methyl/N-ethyl adjacent to an activating group) is 1. The third kappa shape index (κ3) is 1.25. The number of hydrogen-bond donors (Lipinski definition) is 1. The molecule has 0 amide bonds. The Kier molecular flexibility index (Phi) is 2.08. The van der Waals surface area contributed by atoms with E-state index in [2.05, 4.69) is 4.90 Å². The van der Waals surface area contributed by atoms with Gasteiger partial charge < -0.3 is 14.6 Å². The predicted molar refractivity (Wildman–Crippen MR) is 42.8 cm³/mol. The van der Waals surface area contributed by atoms with Gasteiger partial charge in [0.15, 0.2) is 5.79 Å². The van der Waals surface area contributed by atoms with Gasteiger partial charge >= 0.3 is 0 Å². The van der Waals surface area contributed by atoms with E-state index in [-0.39, 0.29) is 12.6 Å². The Hall–Kier alpha value is -0.160. The molecule has 1 N–H and O–H groups in total. The lowest BCUT2D eigenvalue weighted by Gasteiger charge is -2.20. The van der Waals surface area contributed by atoms with Crippen molar-refractivity contribution in [3.8, 4) is 0 Å². The summed E-state index contributed by atoms with van der Waals surface area (Å²) in [4.78, 5) is 2.09. The molecule has 2 heterocycles. The highest BCUT2D eigenvalue weighted by Gasteiger charge is 2.46. The second kappa shape index (κ2) is 2.96. The molecule has 4 heteroatoms. The number of likely N-dealkylation sites (tertiary alicyclic amines) is 1. The SMILES string of the molecule is CN1CC2(CC1CO)OCCO2. The monoisotopic (exact) mass is 173 g/mol. The fraction of sp³-hybridized carbons (Fsp3) is 1.00. The molecule has 12 heavy (non-hydrogen) atoms. The Bertz CT molecular complexity index is 168. The molecule has 0 aliphatic carbocycles. The number of hydrogen-bond acceptors (Lipinski definition) is 4. The summed E-state index contributed by atoms with van der Waals surface area (Å²) in [6, 6.07) is 0.197.